The average Bonchev–Trinajstić information content (AvgIpc) is 2.62. The van der Waals surface area contributed by atoms with E-state index in [1.165, 1.54) is 6.33 Å². The van der Waals surface area contributed by atoms with Gasteiger partial charge in [-0.1, -0.05) is 29.8 Å². The Kier molecular flexibility index (Phi) is 5.07. The molecule has 0 aliphatic heterocycles. The van der Waals surface area contributed by atoms with Gasteiger partial charge in [-0.2, -0.15) is 0 Å². The number of carbonyl (C=O) groups excluding carboxylic acids is 2. The third kappa shape index (κ3) is 4.13. The maximum Gasteiger partial charge on any atom is 0.325 e. The lowest BCUT2D eigenvalue weighted by Gasteiger charge is -2.10. The van der Waals surface area contributed by atoms with Gasteiger partial charge in [-0.05, 0) is 37.6 Å². The molecule has 0 atom stereocenters. The van der Waals surface area contributed by atoms with Crippen LogP contribution in [0.5, 0.6) is 5.88 Å². The molecule has 0 radical (unpaired) electrons. The van der Waals surface area contributed by atoms with E-state index in [0.717, 1.165) is 11.1 Å². The van der Waals surface area contributed by atoms with Gasteiger partial charge in [-0.15, -0.1) is 0 Å². The van der Waals surface area contributed by atoms with Crippen molar-refractivity contribution < 1.29 is 14.3 Å². The second kappa shape index (κ2) is 7.60. The number of aryl methyl sites for hydroxylation is 2. The number of anilines is 1. The van der Waals surface area contributed by atoms with E-state index >= 15 is 0 Å². The smallest absolute Gasteiger partial charge is 0.325 e. The summed E-state index contributed by atoms with van der Waals surface area (Å²) in [5.41, 5.74) is 3.36. The lowest BCUT2D eigenvalue weighted by atomic mass is 10.1. The summed E-state index contributed by atoms with van der Waals surface area (Å²) in [6.07, 6.45) is 1.36. The Hall–Kier alpha value is -3.48. The number of nitrogens with zero attached hydrogens (tertiary/aromatic N) is 2. The first-order valence-corrected chi connectivity index (χ1v) is 8.03. The summed E-state index contributed by atoms with van der Waals surface area (Å²) in [6, 6.07) is 12.3. The number of urea groups is 1. The van der Waals surface area contributed by atoms with Crippen LogP contribution in [0.25, 0.3) is 10.9 Å². The minimum atomic E-state index is -0.613. The molecule has 0 unspecified atom stereocenters. The number of benzene rings is 2. The van der Waals surface area contributed by atoms with E-state index in [1.54, 1.807) is 12.1 Å². The number of nitrogens with one attached hydrogen (secondary N) is 2. The highest BCUT2D eigenvalue weighted by Gasteiger charge is 2.11. The number of para-hydroxylation sites is 1. The highest BCUT2D eigenvalue weighted by atomic mass is 16.5. The minimum Gasteiger partial charge on any atom is -0.467 e. The van der Waals surface area contributed by atoms with Crippen LogP contribution in [0.3, 0.4) is 0 Å². The molecular formula is C19H18N4O3. The molecule has 3 amide bonds. The molecule has 0 spiro atoms. The normalized spacial score (nSPS) is 10.4. The van der Waals surface area contributed by atoms with Crippen LogP contribution >= 0.6 is 0 Å². The standard InChI is InChI=1S/C19H18N4O3/c1-12-7-8-15(13(2)9-12)22-19(25)23-17(24)10-26-18-14-5-3-4-6-16(14)20-11-21-18/h3-9,11H,10H2,1-2H3,(H2,22,23,24,25). The Morgan fingerprint density at radius 2 is 1.88 bits per heavy atom. The summed E-state index contributed by atoms with van der Waals surface area (Å²) in [5.74, 6) is -0.282. The molecule has 7 heteroatoms. The Balaban J connectivity index is 1.57. The van der Waals surface area contributed by atoms with Gasteiger partial charge >= 0.3 is 6.03 Å². The molecule has 2 N–H and O–H groups in total. The fourth-order valence-corrected chi connectivity index (χ4v) is 2.50. The van der Waals surface area contributed by atoms with E-state index in [2.05, 4.69) is 20.6 Å². The van der Waals surface area contributed by atoms with Gasteiger partial charge in [0.2, 0.25) is 5.88 Å². The molecule has 0 fully saturated rings. The van der Waals surface area contributed by atoms with Crippen LogP contribution < -0.4 is 15.4 Å². The number of ether oxygens (including phenoxy) is 1. The largest absolute Gasteiger partial charge is 0.467 e. The number of fused-ring (bicyclic) bond motifs is 1. The molecular weight excluding hydrogens is 332 g/mol. The quantitative estimate of drug-likeness (QED) is 0.754. The maximum absolute atomic E-state index is 12.0. The van der Waals surface area contributed by atoms with Crippen LogP contribution in [-0.4, -0.2) is 28.5 Å². The molecule has 2 aromatic carbocycles. The average molecular weight is 350 g/mol. The van der Waals surface area contributed by atoms with E-state index in [1.807, 2.05) is 44.2 Å². The molecule has 7 nitrogen and oxygen atoms in total. The van der Waals surface area contributed by atoms with Gasteiger partial charge in [-0.3, -0.25) is 10.1 Å². The topological polar surface area (TPSA) is 93.2 Å². The molecule has 3 aromatic rings. The first-order valence-electron chi connectivity index (χ1n) is 8.03. The zero-order valence-corrected chi connectivity index (χ0v) is 14.4. The number of amides is 3. The van der Waals surface area contributed by atoms with Crippen molar-refractivity contribution in [3.63, 3.8) is 0 Å². The summed E-state index contributed by atoms with van der Waals surface area (Å²) in [7, 11) is 0. The summed E-state index contributed by atoms with van der Waals surface area (Å²) >= 11 is 0. The molecule has 1 aromatic heterocycles. The van der Waals surface area contributed by atoms with Gasteiger partial charge in [0.25, 0.3) is 5.91 Å². The first kappa shape index (κ1) is 17.3. The van der Waals surface area contributed by atoms with Crippen LogP contribution in [-0.2, 0) is 4.79 Å². The molecule has 0 bridgehead atoms. The predicted molar refractivity (Wildman–Crippen MR) is 98.1 cm³/mol. The highest BCUT2D eigenvalue weighted by Crippen LogP contribution is 2.20. The number of aromatic nitrogens is 2. The van der Waals surface area contributed by atoms with Crippen LogP contribution in [0.2, 0.25) is 0 Å². The second-order valence-corrected chi connectivity index (χ2v) is 5.81. The summed E-state index contributed by atoms with van der Waals surface area (Å²) < 4.78 is 5.43. The summed E-state index contributed by atoms with van der Waals surface area (Å²) in [4.78, 5) is 32.1. The first-order chi connectivity index (χ1) is 12.5. The fourth-order valence-electron chi connectivity index (χ4n) is 2.50. The van der Waals surface area contributed by atoms with Crippen molar-refractivity contribution in [1.29, 1.82) is 0 Å². The summed E-state index contributed by atoms with van der Waals surface area (Å²) in [6.45, 7) is 3.52. The van der Waals surface area contributed by atoms with Crippen molar-refractivity contribution in [3.8, 4) is 5.88 Å². The van der Waals surface area contributed by atoms with E-state index in [0.29, 0.717) is 22.5 Å². The lowest BCUT2D eigenvalue weighted by molar-refractivity contribution is -0.121. The monoisotopic (exact) mass is 350 g/mol. The molecule has 1 heterocycles. The molecule has 132 valence electrons. The number of imide groups is 1. The van der Waals surface area contributed by atoms with Crippen molar-refractivity contribution in [2.45, 2.75) is 13.8 Å². The molecule has 0 saturated carbocycles. The Bertz CT molecular complexity index is 967. The number of carbonyl (C=O) groups is 2. The zero-order chi connectivity index (χ0) is 18.5. The van der Waals surface area contributed by atoms with Gasteiger partial charge in [0.15, 0.2) is 6.61 Å². The van der Waals surface area contributed by atoms with Gasteiger partial charge in [0.1, 0.15) is 6.33 Å². The third-order valence-electron chi connectivity index (χ3n) is 3.73. The van der Waals surface area contributed by atoms with Gasteiger partial charge < -0.3 is 10.1 Å². The molecule has 26 heavy (non-hydrogen) atoms. The summed E-state index contributed by atoms with van der Waals surface area (Å²) in [5, 5.41) is 5.57. The van der Waals surface area contributed by atoms with Crippen molar-refractivity contribution in [2.24, 2.45) is 0 Å². The predicted octanol–water partition coefficient (Wildman–Crippen LogP) is 2.97. The van der Waals surface area contributed by atoms with Gasteiger partial charge in [0.05, 0.1) is 10.9 Å². The Labute approximate surface area is 150 Å². The van der Waals surface area contributed by atoms with Crippen molar-refractivity contribution in [1.82, 2.24) is 15.3 Å². The fraction of sp³-hybridized carbons (Fsp3) is 0.158. The molecule has 0 aliphatic rings. The lowest BCUT2D eigenvalue weighted by Crippen LogP contribution is -2.37. The van der Waals surface area contributed by atoms with Gasteiger partial charge in [-0.25, -0.2) is 14.8 Å². The Morgan fingerprint density at radius 1 is 1.08 bits per heavy atom. The van der Waals surface area contributed by atoms with Crippen LogP contribution in [0, 0.1) is 13.8 Å². The molecule has 3 rings (SSSR count). The van der Waals surface area contributed by atoms with Crippen molar-refractivity contribution >= 4 is 28.5 Å². The van der Waals surface area contributed by atoms with E-state index < -0.39 is 11.9 Å². The van der Waals surface area contributed by atoms with Crippen LogP contribution in [0.1, 0.15) is 11.1 Å². The molecule has 0 aliphatic carbocycles. The number of hydrogen-bond acceptors (Lipinski definition) is 5. The van der Waals surface area contributed by atoms with Crippen LogP contribution in [0.4, 0.5) is 10.5 Å². The Morgan fingerprint density at radius 3 is 2.69 bits per heavy atom. The minimum absolute atomic E-state index is 0.292. The van der Waals surface area contributed by atoms with Crippen LogP contribution in [0.15, 0.2) is 48.8 Å². The number of hydrogen-bond donors (Lipinski definition) is 2. The second-order valence-electron chi connectivity index (χ2n) is 5.81. The van der Waals surface area contributed by atoms with Gasteiger partial charge in [0, 0.05) is 5.69 Å². The maximum atomic E-state index is 12.0. The highest BCUT2D eigenvalue weighted by molar-refractivity contribution is 6.02. The van der Waals surface area contributed by atoms with Crippen molar-refractivity contribution in [3.05, 3.63) is 59.9 Å². The van der Waals surface area contributed by atoms with Crippen molar-refractivity contribution in [2.75, 3.05) is 11.9 Å². The number of rotatable bonds is 4. The molecule has 0 saturated heterocycles. The third-order valence-corrected chi connectivity index (χ3v) is 3.73. The zero-order valence-electron chi connectivity index (χ0n) is 14.4. The SMILES string of the molecule is Cc1ccc(NC(=O)NC(=O)COc2ncnc3ccccc23)c(C)c1. The van der Waals surface area contributed by atoms with E-state index in [4.69, 9.17) is 4.74 Å². The van der Waals surface area contributed by atoms with E-state index in [-0.39, 0.29) is 6.61 Å². The van der Waals surface area contributed by atoms with E-state index in [9.17, 15) is 9.59 Å².